The molecule has 1 aromatic heterocycles. The molecule has 2 aliphatic heterocycles. The van der Waals surface area contributed by atoms with Crippen molar-refractivity contribution in [1.29, 1.82) is 0 Å². The van der Waals surface area contributed by atoms with Gasteiger partial charge in [-0.3, -0.25) is 19.3 Å². The van der Waals surface area contributed by atoms with Crippen LogP contribution >= 0.6 is 0 Å². The molecule has 1 saturated heterocycles. The molecule has 4 rings (SSSR count). The first-order valence-electron chi connectivity index (χ1n) is 8.32. The van der Waals surface area contributed by atoms with Crippen LogP contribution in [0.4, 0.5) is 5.69 Å². The fourth-order valence-corrected chi connectivity index (χ4v) is 3.34. The smallest absolute Gasteiger partial charge is 0.264 e. The highest BCUT2D eigenvalue weighted by atomic mass is 16.3. The summed E-state index contributed by atoms with van der Waals surface area (Å²) >= 11 is 0. The first kappa shape index (κ1) is 16.1. The highest BCUT2D eigenvalue weighted by Crippen LogP contribution is 2.33. The van der Waals surface area contributed by atoms with Crippen LogP contribution in [0.3, 0.4) is 0 Å². The van der Waals surface area contributed by atoms with E-state index in [0.29, 0.717) is 47.7 Å². The lowest BCUT2D eigenvalue weighted by Gasteiger charge is -2.29. The lowest BCUT2D eigenvalue weighted by molar-refractivity contribution is -0.125. The maximum atomic E-state index is 13.0. The zero-order valence-corrected chi connectivity index (χ0v) is 14.0. The van der Waals surface area contributed by atoms with Crippen LogP contribution in [-0.4, -0.2) is 28.7 Å². The van der Waals surface area contributed by atoms with E-state index in [1.165, 1.54) is 0 Å². The Morgan fingerprint density at radius 2 is 2.04 bits per heavy atom. The molecule has 1 atom stereocenters. The zero-order valence-electron chi connectivity index (χ0n) is 14.0. The van der Waals surface area contributed by atoms with Crippen molar-refractivity contribution in [1.82, 2.24) is 10.2 Å². The van der Waals surface area contributed by atoms with Crippen LogP contribution in [0.5, 0.6) is 0 Å². The van der Waals surface area contributed by atoms with Crippen LogP contribution < -0.4 is 10.6 Å². The molecule has 132 valence electrons. The molecule has 1 unspecified atom stereocenters. The first-order chi connectivity index (χ1) is 12.6. The van der Waals surface area contributed by atoms with E-state index >= 15 is 0 Å². The molecule has 3 amide bonds. The van der Waals surface area contributed by atoms with Crippen LogP contribution in [-0.2, 0) is 11.3 Å². The number of piperidine rings is 1. The third-order valence-electron chi connectivity index (χ3n) is 4.61. The van der Waals surface area contributed by atoms with E-state index in [9.17, 15) is 14.4 Å². The number of hydrogen-bond donors (Lipinski definition) is 2. The maximum absolute atomic E-state index is 13.0. The summed E-state index contributed by atoms with van der Waals surface area (Å²) in [5.41, 5.74) is 1.74. The van der Waals surface area contributed by atoms with E-state index < -0.39 is 17.9 Å². The first-order valence-corrected chi connectivity index (χ1v) is 8.32. The summed E-state index contributed by atoms with van der Waals surface area (Å²) in [4.78, 5) is 39.0. The van der Waals surface area contributed by atoms with Gasteiger partial charge in [0.25, 0.3) is 11.8 Å². The molecule has 1 aromatic carbocycles. The second-order valence-electron chi connectivity index (χ2n) is 6.29. The quantitative estimate of drug-likeness (QED) is 0.825. The average molecular weight is 351 g/mol. The van der Waals surface area contributed by atoms with Gasteiger partial charge in [-0.1, -0.05) is 12.6 Å². The number of furan rings is 1. The summed E-state index contributed by atoms with van der Waals surface area (Å²) < 4.78 is 5.28. The summed E-state index contributed by atoms with van der Waals surface area (Å²) in [5, 5.41) is 5.76. The van der Waals surface area contributed by atoms with E-state index in [1.807, 2.05) is 6.07 Å². The third-order valence-corrected chi connectivity index (χ3v) is 4.61. The van der Waals surface area contributed by atoms with Crippen molar-refractivity contribution >= 4 is 23.4 Å². The molecule has 7 nitrogen and oxygen atoms in total. The number of carbonyl (C=O) groups excluding carboxylic acids is 3. The molecule has 0 bridgehead atoms. The number of allylic oxidation sites excluding steroid dienone is 1. The number of anilines is 1. The van der Waals surface area contributed by atoms with Crippen LogP contribution in [0.1, 0.15) is 39.3 Å². The third kappa shape index (κ3) is 2.57. The predicted octanol–water partition coefficient (Wildman–Crippen LogP) is 2.28. The summed E-state index contributed by atoms with van der Waals surface area (Å²) in [6.07, 6.45) is 2.48. The molecule has 3 heterocycles. The number of imide groups is 1. The van der Waals surface area contributed by atoms with Crippen molar-refractivity contribution in [2.24, 2.45) is 0 Å². The Labute approximate surface area is 149 Å². The number of hydrogen-bond acceptors (Lipinski definition) is 5. The molecule has 0 saturated carbocycles. The fourth-order valence-electron chi connectivity index (χ4n) is 3.34. The normalized spacial score (nSPS) is 19.5. The Morgan fingerprint density at radius 1 is 1.19 bits per heavy atom. The van der Waals surface area contributed by atoms with Gasteiger partial charge in [0.05, 0.1) is 23.9 Å². The van der Waals surface area contributed by atoms with Gasteiger partial charge in [0.1, 0.15) is 11.8 Å². The molecule has 2 N–H and O–H groups in total. The number of amides is 3. The number of nitrogens with zero attached hydrogens (tertiary/aromatic N) is 1. The molecule has 2 aromatic rings. The summed E-state index contributed by atoms with van der Waals surface area (Å²) in [6, 6.07) is 7.83. The molecule has 1 fully saturated rings. The number of carbonyl (C=O) groups is 3. The standard InChI is InChI=1S/C19H17N3O4/c1-11-7-8-15(17(23)21-11)22-18(24)13-5-2-6-14(16(13)19(22)25)20-10-12-4-3-9-26-12/h2-6,9,15,20H,1,7-8,10H2,(H,21,23). The van der Waals surface area contributed by atoms with E-state index in [1.54, 1.807) is 30.5 Å². The van der Waals surface area contributed by atoms with Gasteiger partial charge in [-0.25, -0.2) is 0 Å². The monoisotopic (exact) mass is 351 g/mol. The van der Waals surface area contributed by atoms with Gasteiger partial charge in [0.2, 0.25) is 5.91 Å². The van der Waals surface area contributed by atoms with Gasteiger partial charge >= 0.3 is 0 Å². The van der Waals surface area contributed by atoms with Gasteiger partial charge in [0, 0.05) is 11.4 Å². The second kappa shape index (κ2) is 6.18. The van der Waals surface area contributed by atoms with Gasteiger partial charge in [-0.05, 0) is 37.1 Å². The van der Waals surface area contributed by atoms with Gasteiger partial charge in [-0.15, -0.1) is 0 Å². The van der Waals surface area contributed by atoms with E-state index in [4.69, 9.17) is 4.42 Å². The minimum Gasteiger partial charge on any atom is -0.467 e. The molecular formula is C19H17N3O4. The SMILES string of the molecule is C=C1CCC(N2C(=O)c3cccc(NCc4ccco4)c3C2=O)C(=O)N1. The Bertz CT molecular complexity index is 917. The largest absolute Gasteiger partial charge is 0.467 e. The van der Waals surface area contributed by atoms with Crippen LogP contribution in [0.25, 0.3) is 0 Å². The van der Waals surface area contributed by atoms with Crippen LogP contribution in [0, 0.1) is 0 Å². The minimum absolute atomic E-state index is 0.293. The lowest BCUT2D eigenvalue weighted by atomic mass is 10.0. The van der Waals surface area contributed by atoms with Gasteiger partial charge < -0.3 is 15.1 Å². The van der Waals surface area contributed by atoms with Crippen molar-refractivity contribution in [3.05, 3.63) is 65.8 Å². The van der Waals surface area contributed by atoms with E-state index in [2.05, 4.69) is 17.2 Å². The molecular weight excluding hydrogens is 334 g/mol. The molecule has 26 heavy (non-hydrogen) atoms. The number of fused-ring (bicyclic) bond motifs is 1. The van der Waals surface area contributed by atoms with Crippen molar-refractivity contribution < 1.29 is 18.8 Å². The Morgan fingerprint density at radius 3 is 2.77 bits per heavy atom. The van der Waals surface area contributed by atoms with Gasteiger partial charge in [0.15, 0.2) is 0 Å². The Kier molecular flexibility index (Phi) is 3.84. The molecule has 0 aliphatic carbocycles. The summed E-state index contributed by atoms with van der Waals surface area (Å²) in [5.74, 6) is -0.568. The Hall–Kier alpha value is -3.35. The molecule has 7 heteroatoms. The topological polar surface area (TPSA) is 91.7 Å². The lowest BCUT2D eigenvalue weighted by Crippen LogP contribution is -2.51. The fraction of sp³-hybridized carbons (Fsp3) is 0.211. The van der Waals surface area contributed by atoms with Crippen molar-refractivity contribution in [3.63, 3.8) is 0 Å². The minimum atomic E-state index is -0.814. The maximum Gasteiger partial charge on any atom is 0.264 e. The molecule has 0 spiro atoms. The average Bonchev–Trinajstić information content (AvgIpc) is 3.22. The highest BCUT2D eigenvalue weighted by molar-refractivity contribution is 6.25. The zero-order chi connectivity index (χ0) is 18.3. The summed E-state index contributed by atoms with van der Waals surface area (Å²) in [6.45, 7) is 4.11. The van der Waals surface area contributed by atoms with Crippen LogP contribution in [0.2, 0.25) is 0 Å². The van der Waals surface area contributed by atoms with Crippen molar-refractivity contribution in [2.75, 3.05) is 5.32 Å². The van der Waals surface area contributed by atoms with E-state index in [0.717, 1.165) is 4.90 Å². The van der Waals surface area contributed by atoms with E-state index in [-0.39, 0.29) is 5.91 Å². The van der Waals surface area contributed by atoms with Gasteiger partial charge in [-0.2, -0.15) is 0 Å². The number of nitrogens with one attached hydrogen (secondary N) is 2. The number of benzene rings is 1. The second-order valence-corrected chi connectivity index (χ2v) is 6.29. The van der Waals surface area contributed by atoms with Crippen LogP contribution in [0.15, 0.2) is 53.3 Å². The highest BCUT2D eigenvalue weighted by Gasteiger charge is 2.44. The summed E-state index contributed by atoms with van der Waals surface area (Å²) in [7, 11) is 0. The molecule has 0 radical (unpaired) electrons. The van der Waals surface area contributed by atoms with Crippen molar-refractivity contribution in [2.45, 2.75) is 25.4 Å². The Balaban J connectivity index is 1.63. The molecule has 2 aliphatic rings. The predicted molar refractivity (Wildman–Crippen MR) is 93.3 cm³/mol. The van der Waals surface area contributed by atoms with Crippen molar-refractivity contribution in [3.8, 4) is 0 Å². The number of rotatable bonds is 4.